The summed E-state index contributed by atoms with van der Waals surface area (Å²) in [6, 6.07) is 33.0. The molecule has 1 heterocycles. The zero-order chi connectivity index (χ0) is 32.7. The summed E-state index contributed by atoms with van der Waals surface area (Å²) >= 11 is 6.55. The van der Waals surface area contributed by atoms with E-state index in [-0.39, 0.29) is 17.7 Å². The minimum absolute atomic E-state index is 0.106. The van der Waals surface area contributed by atoms with Crippen molar-refractivity contribution in [3.05, 3.63) is 131 Å². The normalized spacial score (nSPS) is 15.0. The highest BCUT2D eigenvalue weighted by Gasteiger charge is 2.40. The number of benzene rings is 5. The maximum absolute atomic E-state index is 13.9. The van der Waals surface area contributed by atoms with Crippen LogP contribution in [0.15, 0.2) is 109 Å². The van der Waals surface area contributed by atoms with Crippen molar-refractivity contribution in [1.29, 1.82) is 0 Å². The number of anilines is 3. The number of hydrogen-bond donors (Lipinski definition) is 1. The average Bonchev–Trinajstić information content (AvgIpc) is 3.63. The fourth-order valence-electron chi connectivity index (χ4n) is 6.99. The quantitative estimate of drug-likeness (QED) is 0.149. The van der Waals surface area contributed by atoms with Crippen LogP contribution in [-0.2, 0) is 14.3 Å². The second-order valence-corrected chi connectivity index (χ2v) is 12.0. The summed E-state index contributed by atoms with van der Waals surface area (Å²) in [5, 5.41) is 4.57. The molecule has 0 aromatic heterocycles. The zero-order valence-corrected chi connectivity index (χ0v) is 26.7. The lowest BCUT2D eigenvalue weighted by atomic mass is 9.93. The molecule has 5 aromatic rings. The summed E-state index contributed by atoms with van der Waals surface area (Å²) in [6.45, 7) is 1.85. The van der Waals surface area contributed by atoms with E-state index in [1.54, 1.807) is 21.9 Å². The largest absolute Gasteiger partial charge is 0.452 e. The van der Waals surface area contributed by atoms with Crippen LogP contribution in [0, 0.1) is 0 Å². The first-order valence-electron chi connectivity index (χ1n) is 15.4. The molecule has 1 unspecified atom stereocenters. The average molecular weight is 642 g/mol. The highest BCUT2D eigenvalue weighted by Crippen LogP contribution is 2.51. The van der Waals surface area contributed by atoms with Crippen LogP contribution in [0.1, 0.15) is 41.1 Å². The molecule has 0 bridgehead atoms. The second-order valence-electron chi connectivity index (χ2n) is 11.7. The van der Waals surface area contributed by atoms with Crippen molar-refractivity contribution in [1.82, 2.24) is 0 Å². The minimum atomic E-state index is -0.504. The van der Waals surface area contributed by atoms with Crippen LogP contribution in [0.2, 0.25) is 0 Å². The molecule has 0 saturated carbocycles. The van der Waals surface area contributed by atoms with Gasteiger partial charge < -0.3 is 15.0 Å². The van der Waals surface area contributed by atoms with Gasteiger partial charge in [0.15, 0.2) is 0 Å². The Morgan fingerprint density at radius 3 is 2.21 bits per heavy atom. The van der Waals surface area contributed by atoms with E-state index in [4.69, 9.17) is 16.3 Å². The summed E-state index contributed by atoms with van der Waals surface area (Å²) < 4.78 is 5.46. The number of ether oxygens (including phenoxy) is 1. The van der Waals surface area contributed by atoms with E-state index in [0.717, 1.165) is 44.2 Å². The Balaban J connectivity index is 1.37. The number of alkyl halides is 1. The summed E-state index contributed by atoms with van der Waals surface area (Å²) in [5.74, 6) is -0.166. The monoisotopic (exact) mass is 641 g/mol. The number of methoxy groups -OCH3 is 1. The summed E-state index contributed by atoms with van der Waals surface area (Å²) in [6.07, 6.45) is 2.76. The topological polar surface area (TPSA) is 79.0 Å². The second kappa shape index (κ2) is 12.4. The van der Waals surface area contributed by atoms with Gasteiger partial charge >= 0.3 is 6.09 Å². The van der Waals surface area contributed by atoms with Gasteiger partial charge in [-0.15, -0.1) is 11.6 Å². The Morgan fingerprint density at radius 1 is 0.894 bits per heavy atom. The van der Waals surface area contributed by atoms with Crippen LogP contribution in [0.4, 0.5) is 21.9 Å². The molecule has 1 N–H and O–H groups in total. The number of carbonyl (C=O) groups is 3. The Hall–Kier alpha value is -5.40. The fraction of sp³-hybridized carbons (Fsp3) is 0.154. The third-order valence-corrected chi connectivity index (χ3v) is 9.28. The molecule has 0 spiro atoms. The van der Waals surface area contributed by atoms with Crippen LogP contribution in [0.3, 0.4) is 0 Å². The van der Waals surface area contributed by atoms with Crippen LogP contribution in [0.25, 0.3) is 28.0 Å². The van der Waals surface area contributed by atoms with Gasteiger partial charge in [-0.2, -0.15) is 0 Å². The predicted octanol–water partition coefficient (Wildman–Crippen LogP) is 8.52. The van der Waals surface area contributed by atoms with Crippen LogP contribution < -0.4 is 15.1 Å². The van der Waals surface area contributed by atoms with E-state index in [0.29, 0.717) is 29.5 Å². The number of fused-ring (bicyclic) bond motifs is 6. The van der Waals surface area contributed by atoms with Gasteiger partial charge in [-0.3, -0.25) is 14.5 Å². The van der Waals surface area contributed by atoms with Crippen molar-refractivity contribution in [2.24, 2.45) is 0 Å². The van der Waals surface area contributed by atoms with Crippen LogP contribution >= 0.6 is 11.6 Å². The number of nitrogens with zero attached hydrogens (tertiary/aromatic N) is 2. The molecule has 5 aromatic carbocycles. The molecule has 7 rings (SSSR count). The molecule has 1 aliphatic heterocycles. The van der Waals surface area contributed by atoms with Crippen LogP contribution in [-0.4, -0.2) is 37.4 Å². The van der Waals surface area contributed by atoms with E-state index in [9.17, 15) is 14.4 Å². The molecule has 2 aliphatic rings. The lowest BCUT2D eigenvalue weighted by molar-refractivity contribution is -0.115. The SMILES string of the molecule is COC(=O)N(c1cc2c(c3ccccc13)C(CCl)CN2C(=O)/C=C/c1cccc(NC(C)=O)c1)C1c2ccccc2-c2ccccc21. The van der Waals surface area contributed by atoms with Crippen LogP contribution in [0.5, 0.6) is 0 Å². The highest BCUT2D eigenvalue weighted by atomic mass is 35.5. The van der Waals surface area contributed by atoms with E-state index < -0.39 is 12.1 Å². The molecular formula is C39H32ClN3O4. The van der Waals surface area contributed by atoms with Crippen molar-refractivity contribution < 1.29 is 19.1 Å². The first kappa shape index (κ1) is 30.3. The zero-order valence-electron chi connectivity index (χ0n) is 25.9. The molecule has 47 heavy (non-hydrogen) atoms. The van der Waals surface area contributed by atoms with Crippen molar-refractivity contribution in [2.75, 3.05) is 34.7 Å². The van der Waals surface area contributed by atoms with Gasteiger partial charge in [0.05, 0.1) is 24.5 Å². The van der Waals surface area contributed by atoms with Gasteiger partial charge in [-0.25, -0.2) is 4.79 Å². The van der Waals surface area contributed by atoms with Crippen molar-refractivity contribution in [2.45, 2.75) is 18.9 Å². The smallest absolute Gasteiger partial charge is 0.414 e. The van der Waals surface area contributed by atoms with Gasteiger partial charge in [-0.1, -0.05) is 84.9 Å². The fourth-order valence-corrected chi connectivity index (χ4v) is 7.24. The van der Waals surface area contributed by atoms with Gasteiger partial charge in [0.25, 0.3) is 5.91 Å². The molecule has 0 fully saturated rings. The number of carbonyl (C=O) groups excluding carboxylic acids is 3. The van der Waals surface area contributed by atoms with Crippen molar-refractivity contribution >= 4 is 63.4 Å². The highest BCUT2D eigenvalue weighted by molar-refractivity contribution is 6.19. The third-order valence-electron chi connectivity index (χ3n) is 8.91. The third kappa shape index (κ3) is 5.32. The lowest BCUT2D eigenvalue weighted by Gasteiger charge is -2.31. The van der Waals surface area contributed by atoms with Crippen molar-refractivity contribution in [3.8, 4) is 11.1 Å². The standard InChI is InChI=1S/C39H32ClN3O4/c1-24(44)41-27-11-9-10-25(20-27)18-19-36(45)42-23-26(22-40)37-31-15-6-5-14-30(31)34(21-35(37)42)43(39(46)47-2)38-32-16-7-3-12-28(32)29-13-4-8-17-33(29)38/h3-21,26,38H,22-23H2,1-2H3,(H,41,44)/b19-18+. The van der Waals surface area contributed by atoms with E-state index in [1.165, 1.54) is 20.1 Å². The van der Waals surface area contributed by atoms with Gasteiger partial charge in [0.2, 0.25) is 5.91 Å². The molecule has 1 atom stereocenters. The Bertz CT molecular complexity index is 2050. The number of nitrogens with one attached hydrogen (secondary N) is 1. The summed E-state index contributed by atoms with van der Waals surface area (Å²) in [5.41, 5.74) is 7.88. The molecule has 0 saturated heterocycles. The first-order valence-corrected chi connectivity index (χ1v) is 16.0. The Morgan fingerprint density at radius 2 is 1.55 bits per heavy atom. The number of hydrogen-bond acceptors (Lipinski definition) is 4. The van der Waals surface area contributed by atoms with Gasteiger partial charge in [0.1, 0.15) is 0 Å². The summed E-state index contributed by atoms with van der Waals surface area (Å²) in [7, 11) is 1.39. The molecule has 3 amide bonds. The Labute approximate surface area is 278 Å². The van der Waals surface area contributed by atoms with Crippen molar-refractivity contribution in [3.63, 3.8) is 0 Å². The summed E-state index contributed by atoms with van der Waals surface area (Å²) in [4.78, 5) is 42.8. The molecular weight excluding hydrogens is 610 g/mol. The maximum atomic E-state index is 13.9. The van der Waals surface area contributed by atoms with E-state index in [2.05, 4.69) is 29.6 Å². The molecule has 7 nitrogen and oxygen atoms in total. The molecule has 1 aliphatic carbocycles. The van der Waals surface area contributed by atoms with Gasteiger partial charge in [-0.05, 0) is 63.0 Å². The molecule has 234 valence electrons. The molecule has 8 heteroatoms. The van der Waals surface area contributed by atoms with Gasteiger partial charge in [0, 0.05) is 42.4 Å². The Kier molecular flexibility index (Phi) is 8.00. The van der Waals surface area contributed by atoms with E-state index >= 15 is 0 Å². The maximum Gasteiger partial charge on any atom is 0.414 e. The number of rotatable bonds is 6. The number of halogens is 1. The first-order chi connectivity index (χ1) is 22.9. The number of amides is 3. The minimum Gasteiger partial charge on any atom is -0.452 e. The lowest BCUT2D eigenvalue weighted by Crippen LogP contribution is -2.35. The predicted molar refractivity (Wildman–Crippen MR) is 188 cm³/mol. The molecule has 0 radical (unpaired) electrons. The van der Waals surface area contributed by atoms with E-state index in [1.807, 2.05) is 72.8 Å².